The third-order valence-corrected chi connectivity index (χ3v) is 4.03. The highest BCUT2D eigenvalue weighted by Gasteiger charge is 2.52. The molecule has 5 atom stereocenters. The molecule has 0 aromatic rings. The lowest BCUT2D eigenvalue weighted by molar-refractivity contribution is -0.235. The Hall–Kier alpha value is -0.650. The van der Waals surface area contributed by atoms with E-state index in [1.54, 1.807) is 0 Å². The average molecular weight is 257 g/mol. The topological polar surface area (TPSA) is 67.8 Å². The smallest absolute Gasteiger partial charge is 0.217 e. The largest absolute Gasteiger partial charge is 0.390 e. The summed E-state index contributed by atoms with van der Waals surface area (Å²) in [6, 6.07) is -0.484. The van der Waals surface area contributed by atoms with Gasteiger partial charge in [-0.25, -0.2) is 0 Å². The first kappa shape index (κ1) is 13.8. The van der Waals surface area contributed by atoms with Crippen LogP contribution in [0, 0.1) is 11.3 Å². The zero-order chi connectivity index (χ0) is 13.5. The second-order valence-corrected chi connectivity index (χ2v) is 6.23. The summed E-state index contributed by atoms with van der Waals surface area (Å²) >= 11 is 0. The maximum absolute atomic E-state index is 11.2. The highest BCUT2D eigenvalue weighted by molar-refractivity contribution is 5.73. The number of amides is 1. The first-order chi connectivity index (χ1) is 8.34. The van der Waals surface area contributed by atoms with Crippen molar-refractivity contribution in [3.63, 3.8) is 0 Å². The van der Waals surface area contributed by atoms with E-state index in [2.05, 4.69) is 19.2 Å². The van der Waals surface area contributed by atoms with Crippen LogP contribution in [0.2, 0.25) is 0 Å². The van der Waals surface area contributed by atoms with Crippen LogP contribution in [-0.4, -0.2) is 42.7 Å². The van der Waals surface area contributed by atoms with Gasteiger partial charge in [-0.3, -0.25) is 4.79 Å². The van der Waals surface area contributed by atoms with Crippen molar-refractivity contribution >= 4 is 5.91 Å². The van der Waals surface area contributed by atoms with Crippen LogP contribution >= 0.6 is 0 Å². The van der Waals surface area contributed by atoms with Crippen molar-refractivity contribution in [2.75, 3.05) is 7.11 Å². The summed E-state index contributed by atoms with van der Waals surface area (Å²) in [6.07, 6.45) is 0.663. The van der Waals surface area contributed by atoms with Crippen LogP contribution < -0.4 is 5.32 Å². The number of ether oxygens (including phenoxy) is 2. The van der Waals surface area contributed by atoms with E-state index < -0.39 is 18.4 Å². The van der Waals surface area contributed by atoms with Gasteiger partial charge >= 0.3 is 0 Å². The molecular weight excluding hydrogens is 234 g/mol. The molecule has 104 valence electrons. The van der Waals surface area contributed by atoms with Gasteiger partial charge < -0.3 is 19.9 Å². The molecule has 1 heterocycles. The molecule has 0 spiro atoms. The standard InChI is InChI=1S/C13H23NO4/c1-7(15)14-10-11(16)8-5-13(2,3)6-9(8)18-12(10)17-4/h8-12,16H,5-6H2,1-4H3,(H,14,15). The van der Waals surface area contributed by atoms with Crippen LogP contribution in [0.5, 0.6) is 0 Å². The van der Waals surface area contributed by atoms with E-state index in [4.69, 9.17) is 9.47 Å². The summed E-state index contributed by atoms with van der Waals surface area (Å²) in [6.45, 7) is 5.79. The Morgan fingerprint density at radius 3 is 2.67 bits per heavy atom. The van der Waals surface area contributed by atoms with Gasteiger partial charge in [-0.05, 0) is 18.3 Å². The number of nitrogens with one attached hydrogen (secondary N) is 1. The van der Waals surface area contributed by atoms with Gasteiger partial charge in [0.25, 0.3) is 0 Å². The molecule has 1 amide bonds. The van der Waals surface area contributed by atoms with E-state index >= 15 is 0 Å². The molecule has 1 saturated heterocycles. The van der Waals surface area contributed by atoms with Crippen LogP contribution in [-0.2, 0) is 14.3 Å². The molecule has 0 radical (unpaired) electrons. The summed E-state index contributed by atoms with van der Waals surface area (Å²) in [5.74, 6) is -0.108. The molecule has 2 fully saturated rings. The van der Waals surface area contributed by atoms with E-state index in [1.807, 2.05) is 0 Å². The minimum absolute atomic E-state index is 0.0185. The van der Waals surface area contributed by atoms with Gasteiger partial charge in [0.15, 0.2) is 6.29 Å². The van der Waals surface area contributed by atoms with Crippen molar-refractivity contribution < 1.29 is 19.4 Å². The number of hydrogen-bond donors (Lipinski definition) is 2. The average Bonchev–Trinajstić information content (AvgIpc) is 2.56. The molecule has 2 N–H and O–H groups in total. The van der Waals surface area contributed by atoms with Gasteiger partial charge in [0.05, 0.1) is 12.2 Å². The Balaban J connectivity index is 2.15. The molecule has 0 aromatic carbocycles. The summed E-state index contributed by atoms with van der Waals surface area (Å²) in [5, 5.41) is 13.2. The number of fused-ring (bicyclic) bond motifs is 1. The summed E-state index contributed by atoms with van der Waals surface area (Å²) < 4.78 is 11.1. The van der Waals surface area contributed by atoms with Crippen molar-refractivity contribution in [1.82, 2.24) is 5.32 Å². The van der Waals surface area contributed by atoms with E-state index in [-0.39, 0.29) is 23.3 Å². The van der Waals surface area contributed by atoms with Crippen LogP contribution in [0.15, 0.2) is 0 Å². The number of aliphatic hydroxyl groups excluding tert-OH is 1. The Labute approximate surface area is 108 Å². The molecule has 0 aromatic heterocycles. The van der Waals surface area contributed by atoms with E-state index in [9.17, 15) is 9.90 Å². The zero-order valence-electron chi connectivity index (χ0n) is 11.5. The monoisotopic (exact) mass is 257 g/mol. The molecule has 5 nitrogen and oxygen atoms in total. The molecule has 0 bridgehead atoms. The molecule has 2 aliphatic rings. The number of aliphatic hydroxyl groups is 1. The molecule has 2 rings (SSSR count). The lowest BCUT2D eigenvalue weighted by atomic mass is 9.86. The maximum Gasteiger partial charge on any atom is 0.217 e. The quantitative estimate of drug-likeness (QED) is 0.762. The fourth-order valence-corrected chi connectivity index (χ4v) is 3.31. The van der Waals surface area contributed by atoms with Gasteiger partial charge in [0, 0.05) is 20.0 Å². The Morgan fingerprint density at radius 1 is 1.44 bits per heavy atom. The van der Waals surface area contributed by atoms with E-state index in [0.717, 1.165) is 12.8 Å². The Kier molecular flexibility index (Phi) is 3.67. The van der Waals surface area contributed by atoms with Gasteiger partial charge in [-0.15, -0.1) is 0 Å². The first-order valence-corrected chi connectivity index (χ1v) is 6.47. The van der Waals surface area contributed by atoms with Crippen molar-refractivity contribution in [3.8, 4) is 0 Å². The maximum atomic E-state index is 11.2. The number of methoxy groups -OCH3 is 1. The SMILES string of the molecule is COC1OC2CC(C)(C)CC2C(O)C1NC(C)=O. The lowest BCUT2D eigenvalue weighted by Gasteiger charge is -2.41. The molecule has 5 heteroatoms. The van der Waals surface area contributed by atoms with E-state index in [0.29, 0.717) is 0 Å². The normalized spacial score (nSPS) is 42.4. The van der Waals surface area contributed by atoms with Crippen LogP contribution in [0.25, 0.3) is 0 Å². The number of carbonyl (C=O) groups is 1. The van der Waals surface area contributed by atoms with Crippen LogP contribution in [0.1, 0.15) is 33.6 Å². The van der Waals surface area contributed by atoms with Crippen molar-refractivity contribution in [3.05, 3.63) is 0 Å². The van der Waals surface area contributed by atoms with Gasteiger partial charge in [0.2, 0.25) is 5.91 Å². The second-order valence-electron chi connectivity index (χ2n) is 6.23. The van der Waals surface area contributed by atoms with Crippen LogP contribution in [0.3, 0.4) is 0 Å². The molecule has 1 saturated carbocycles. The van der Waals surface area contributed by atoms with Gasteiger partial charge in [-0.2, -0.15) is 0 Å². The van der Waals surface area contributed by atoms with Crippen molar-refractivity contribution in [1.29, 1.82) is 0 Å². The predicted octanol–water partition coefficient (Wildman–Crippen LogP) is 0.659. The van der Waals surface area contributed by atoms with Gasteiger partial charge in [-0.1, -0.05) is 13.8 Å². The number of hydrogen-bond acceptors (Lipinski definition) is 4. The molecular formula is C13H23NO4. The summed E-state index contributed by atoms with van der Waals surface area (Å²) in [5.41, 5.74) is 0.166. The third-order valence-electron chi connectivity index (χ3n) is 4.03. The first-order valence-electron chi connectivity index (χ1n) is 6.47. The lowest BCUT2D eigenvalue weighted by Crippen LogP contribution is -2.60. The minimum atomic E-state index is -0.612. The Morgan fingerprint density at radius 2 is 2.11 bits per heavy atom. The summed E-state index contributed by atoms with van der Waals surface area (Å²) in [4.78, 5) is 11.2. The number of rotatable bonds is 2. The molecule has 18 heavy (non-hydrogen) atoms. The second kappa shape index (κ2) is 4.79. The molecule has 5 unspecified atom stereocenters. The number of carbonyl (C=O) groups excluding carboxylic acids is 1. The van der Waals surface area contributed by atoms with Gasteiger partial charge in [0.1, 0.15) is 6.04 Å². The third kappa shape index (κ3) is 2.53. The fraction of sp³-hybridized carbons (Fsp3) is 0.923. The molecule has 1 aliphatic carbocycles. The predicted molar refractivity (Wildman–Crippen MR) is 65.8 cm³/mol. The fourth-order valence-electron chi connectivity index (χ4n) is 3.31. The summed E-state index contributed by atoms with van der Waals surface area (Å²) in [7, 11) is 1.53. The minimum Gasteiger partial charge on any atom is -0.390 e. The highest BCUT2D eigenvalue weighted by Crippen LogP contribution is 2.47. The van der Waals surface area contributed by atoms with Crippen molar-refractivity contribution in [2.45, 2.75) is 58.2 Å². The zero-order valence-corrected chi connectivity index (χ0v) is 11.5. The molecule has 1 aliphatic heterocycles. The van der Waals surface area contributed by atoms with Crippen LogP contribution in [0.4, 0.5) is 0 Å². The van der Waals surface area contributed by atoms with E-state index in [1.165, 1.54) is 14.0 Å². The van der Waals surface area contributed by atoms with Crippen molar-refractivity contribution in [2.24, 2.45) is 11.3 Å². The Bertz CT molecular complexity index is 331. The highest BCUT2D eigenvalue weighted by atomic mass is 16.7.